The van der Waals surface area contributed by atoms with Crippen molar-refractivity contribution in [1.82, 2.24) is 14.5 Å². The van der Waals surface area contributed by atoms with Crippen LogP contribution in [0.4, 0.5) is 0 Å². The summed E-state index contributed by atoms with van der Waals surface area (Å²) in [4.78, 5) is 15.8. The first-order valence-corrected chi connectivity index (χ1v) is 13.7. The molecule has 3 aliphatic rings. The Morgan fingerprint density at radius 2 is 1.71 bits per heavy atom. The van der Waals surface area contributed by atoms with E-state index in [9.17, 15) is 13.2 Å². The lowest BCUT2D eigenvalue weighted by atomic mass is 10.0. The number of likely N-dealkylation sites (tertiary alicyclic amines) is 1. The minimum absolute atomic E-state index is 0.0172. The van der Waals surface area contributed by atoms with E-state index in [2.05, 4.69) is 10.2 Å². The van der Waals surface area contributed by atoms with E-state index >= 15 is 0 Å². The molecule has 1 aromatic rings. The highest BCUT2D eigenvalue weighted by Crippen LogP contribution is 2.35. The van der Waals surface area contributed by atoms with Gasteiger partial charge in [0.15, 0.2) is 11.5 Å². The van der Waals surface area contributed by atoms with Crippen LogP contribution in [0.3, 0.4) is 0 Å². The number of carbonyl (C=O) groups is 1. The second-order valence-electron chi connectivity index (χ2n) is 9.42. The maximum atomic E-state index is 13.3. The minimum atomic E-state index is -3.80. The number of nitrogens with zero attached hydrogens (tertiary/aromatic N) is 2. The third kappa shape index (κ3) is 5.67. The van der Waals surface area contributed by atoms with Gasteiger partial charge in [0.1, 0.15) is 0 Å². The van der Waals surface area contributed by atoms with Gasteiger partial charge < -0.3 is 24.4 Å². The van der Waals surface area contributed by atoms with Crippen LogP contribution < -0.4 is 14.8 Å². The summed E-state index contributed by atoms with van der Waals surface area (Å²) >= 11 is 0. The number of hydrogen-bond donors (Lipinski definition) is 1. The van der Waals surface area contributed by atoms with Gasteiger partial charge in [-0.15, -0.1) is 0 Å². The average molecular weight is 496 g/mol. The normalized spacial score (nSPS) is 21.5. The zero-order chi connectivity index (χ0) is 24.1. The highest BCUT2D eigenvalue weighted by Gasteiger charge is 2.31. The first kappa shape index (κ1) is 25.2. The number of carbonyl (C=O) groups excluding carboxylic acids is 1. The van der Waals surface area contributed by atoms with Crippen LogP contribution >= 0.6 is 0 Å². The molecule has 190 valence electrons. The molecule has 2 saturated heterocycles. The fourth-order valence-electron chi connectivity index (χ4n) is 5.27. The Labute approximate surface area is 202 Å². The first-order chi connectivity index (χ1) is 16.4. The molecule has 10 heteroatoms. The molecular weight excluding hydrogens is 458 g/mol. The van der Waals surface area contributed by atoms with Gasteiger partial charge in [0.25, 0.3) is 5.91 Å². The van der Waals surface area contributed by atoms with E-state index in [0.29, 0.717) is 13.2 Å². The van der Waals surface area contributed by atoms with Gasteiger partial charge in [-0.2, -0.15) is 4.31 Å². The summed E-state index contributed by atoms with van der Waals surface area (Å²) in [6.45, 7) is 4.34. The van der Waals surface area contributed by atoms with Gasteiger partial charge in [0.2, 0.25) is 10.0 Å². The Kier molecular flexibility index (Phi) is 8.34. The maximum Gasteiger partial charge on any atom is 0.255 e. The number of piperidine rings is 1. The summed E-state index contributed by atoms with van der Waals surface area (Å²) in [5, 5.41) is 3.10. The van der Waals surface area contributed by atoms with E-state index in [1.807, 2.05) is 0 Å². The molecule has 34 heavy (non-hydrogen) atoms. The van der Waals surface area contributed by atoms with Gasteiger partial charge in [0.05, 0.1) is 37.9 Å². The van der Waals surface area contributed by atoms with Crippen LogP contribution in [0.2, 0.25) is 0 Å². The number of ether oxygens (including phenoxy) is 3. The Morgan fingerprint density at radius 1 is 1.03 bits per heavy atom. The Balaban J connectivity index is 1.47. The fraction of sp³-hybridized carbons (Fsp3) is 0.708. The number of sulfonamides is 1. The second kappa shape index (κ2) is 11.2. The van der Waals surface area contributed by atoms with Crippen LogP contribution in [0, 0.1) is 5.92 Å². The summed E-state index contributed by atoms with van der Waals surface area (Å²) in [6.07, 6.45) is 7.13. The molecule has 3 fully saturated rings. The van der Waals surface area contributed by atoms with Crippen molar-refractivity contribution >= 4 is 15.9 Å². The summed E-state index contributed by atoms with van der Waals surface area (Å²) in [5.74, 6) is 0.926. The molecule has 0 radical (unpaired) electrons. The lowest BCUT2D eigenvalue weighted by Gasteiger charge is -2.34. The number of hydrogen-bond acceptors (Lipinski definition) is 7. The van der Waals surface area contributed by atoms with E-state index in [1.165, 1.54) is 56.3 Å². The number of methoxy groups -OCH3 is 2. The molecule has 0 aromatic heterocycles. The van der Waals surface area contributed by atoms with Crippen molar-refractivity contribution in [3.05, 3.63) is 17.7 Å². The molecular formula is C24H37N3O6S. The smallest absolute Gasteiger partial charge is 0.255 e. The Bertz CT molecular complexity index is 950. The molecule has 1 saturated carbocycles. The molecule has 2 aliphatic heterocycles. The van der Waals surface area contributed by atoms with Gasteiger partial charge in [-0.3, -0.25) is 4.79 Å². The van der Waals surface area contributed by atoms with Crippen molar-refractivity contribution in [1.29, 1.82) is 0 Å². The monoisotopic (exact) mass is 495 g/mol. The second-order valence-corrected chi connectivity index (χ2v) is 11.4. The van der Waals surface area contributed by atoms with Gasteiger partial charge in [-0.05, 0) is 37.7 Å². The summed E-state index contributed by atoms with van der Waals surface area (Å²) < 4.78 is 44.0. The number of morpholine rings is 1. The Morgan fingerprint density at radius 3 is 2.32 bits per heavy atom. The van der Waals surface area contributed by atoms with Crippen LogP contribution in [0.25, 0.3) is 0 Å². The fourth-order valence-corrected chi connectivity index (χ4v) is 6.72. The van der Waals surface area contributed by atoms with E-state index in [-0.39, 0.29) is 47.0 Å². The van der Waals surface area contributed by atoms with Crippen molar-refractivity contribution in [3.8, 4) is 11.5 Å². The molecule has 1 aliphatic carbocycles. The molecule has 9 nitrogen and oxygen atoms in total. The quantitative estimate of drug-likeness (QED) is 0.590. The van der Waals surface area contributed by atoms with Gasteiger partial charge in [-0.25, -0.2) is 8.42 Å². The van der Waals surface area contributed by atoms with Crippen molar-refractivity contribution < 1.29 is 27.4 Å². The molecule has 1 amide bonds. The molecule has 2 heterocycles. The minimum Gasteiger partial charge on any atom is -0.493 e. The van der Waals surface area contributed by atoms with Crippen LogP contribution in [0.1, 0.15) is 48.9 Å². The van der Waals surface area contributed by atoms with E-state index in [1.54, 1.807) is 0 Å². The predicted molar refractivity (Wildman–Crippen MR) is 128 cm³/mol. The van der Waals surface area contributed by atoms with Crippen LogP contribution in [-0.2, 0) is 14.8 Å². The van der Waals surface area contributed by atoms with E-state index in [4.69, 9.17) is 14.2 Å². The molecule has 1 aromatic carbocycles. The lowest BCUT2D eigenvalue weighted by Crippen LogP contribution is -2.45. The molecule has 4 rings (SSSR count). The van der Waals surface area contributed by atoms with Crippen molar-refractivity contribution in [2.75, 3.05) is 60.2 Å². The third-order valence-electron chi connectivity index (χ3n) is 7.22. The van der Waals surface area contributed by atoms with Crippen molar-refractivity contribution in [2.45, 2.75) is 49.5 Å². The van der Waals surface area contributed by atoms with Crippen molar-refractivity contribution in [2.24, 2.45) is 5.92 Å². The predicted octanol–water partition coefficient (Wildman–Crippen LogP) is 2.11. The number of benzene rings is 1. The summed E-state index contributed by atoms with van der Waals surface area (Å²) in [5.41, 5.74) is 0.169. The first-order valence-electron chi connectivity index (χ1n) is 12.3. The SMILES string of the molecule is COc1cc(S(=O)(=O)N2CCOCC2)cc(C(=O)NC2CCN(CC3CCCC3)CC2)c1OC. The molecule has 0 spiro atoms. The molecule has 0 bridgehead atoms. The van der Waals surface area contributed by atoms with Crippen LogP contribution in [-0.4, -0.2) is 89.7 Å². The number of nitrogens with one attached hydrogen (secondary N) is 1. The number of amides is 1. The molecule has 0 atom stereocenters. The highest BCUT2D eigenvalue weighted by atomic mass is 32.2. The Hall–Kier alpha value is -1.88. The van der Waals surface area contributed by atoms with Crippen LogP contribution in [0.15, 0.2) is 17.0 Å². The van der Waals surface area contributed by atoms with E-state index in [0.717, 1.165) is 38.4 Å². The molecule has 0 unspecified atom stereocenters. The largest absolute Gasteiger partial charge is 0.493 e. The zero-order valence-corrected chi connectivity index (χ0v) is 21.1. The highest BCUT2D eigenvalue weighted by molar-refractivity contribution is 7.89. The zero-order valence-electron chi connectivity index (χ0n) is 20.3. The maximum absolute atomic E-state index is 13.3. The van der Waals surface area contributed by atoms with Crippen LogP contribution in [0.5, 0.6) is 11.5 Å². The topological polar surface area (TPSA) is 97.4 Å². The van der Waals surface area contributed by atoms with E-state index < -0.39 is 10.0 Å². The summed E-state index contributed by atoms with van der Waals surface area (Å²) in [6, 6.07) is 2.86. The lowest BCUT2D eigenvalue weighted by molar-refractivity contribution is 0.0730. The summed E-state index contributed by atoms with van der Waals surface area (Å²) in [7, 11) is -0.911. The molecule has 1 N–H and O–H groups in total. The number of rotatable bonds is 8. The van der Waals surface area contributed by atoms with Gasteiger partial charge in [-0.1, -0.05) is 12.8 Å². The van der Waals surface area contributed by atoms with Gasteiger partial charge >= 0.3 is 0 Å². The third-order valence-corrected chi connectivity index (χ3v) is 9.10. The van der Waals surface area contributed by atoms with Gasteiger partial charge in [0, 0.05) is 44.8 Å². The average Bonchev–Trinajstić information content (AvgIpc) is 3.37. The van der Waals surface area contributed by atoms with Crippen molar-refractivity contribution in [3.63, 3.8) is 0 Å². The standard InChI is InChI=1S/C24H37N3O6S/c1-31-22-16-20(34(29,30)27-11-13-33-14-12-27)15-21(23(22)32-2)24(28)25-19-7-9-26(10-8-19)17-18-5-3-4-6-18/h15-16,18-19H,3-14,17H2,1-2H3,(H,25,28).